The Kier molecular flexibility index (Phi) is 4.84. The zero-order valence-electron chi connectivity index (χ0n) is 11.6. The summed E-state index contributed by atoms with van der Waals surface area (Å²) in [5.41, 5.74) is 0.865. The van der Waals surface area contributed by atoms with Crippen molar-refractivity contribution in [2.45, 2.75) is 6.10 Å². The average molecular weight is 277 g/mol. The minimum Gasteiger partial charge on any atom is -0.493 e. The van der Waals surface area contributed by atoms with Crippen molar-refractivity contribution in [3.63, 3.8) is 0 Å². The van der Waals surface area contributed by atoms with Crippen molar-refractivity contribution in [3.05, 3.63) is 36.7 Å². The van der Waals surface area contributed by atoms with Crippen molar-refractivity contribution in [2.75, 3.05) is 25.6 Å². The van der Waals surface area contributed by atoms with Crippen LogP contribution in [0.3, 0.4) is 0 Å². The summed E-state index contributed by atoms with van der Waals surface area (Å²) < 4.78 is 12.4. The Morgan fingerprint density at radius 2 is 2.10 bits per heavy atom. The summed E-state index contributed by atoms with van der Waals surface area (Å²) in [6.45, 7) is 0.578. The Morgan fingerprint density at radius 1 is 1.35 bits per heavy atom. The van der Waals surface area contributed by atoms with Crippen LogP contribution in [0.5, 0.6) is 11.5 Å². The Labute approximate surface area is 117 Å². The van der Waals surface area contributed by atoms with E-state index in [4.69, 9.17) is 9.47 Å². The Bertz CT molecular complexity index is 542. The number of para-hydroxylation sites is 2. The van der Waals surface area contributed by atoms with E-state index in [1.807, 2.05) is 31.4 Å². The van der Waals surface area contributed by atoms with E-state index < -0.39 is 6.10 Å². The van der Waals surface area contributed by atoms with E-state index in [2.05, 4.69) is 10.4 Å². The Hall–Kier alpha value is -2.21. The van der Waals surface area contributed by atoms with Gasteiger partial charge in [0.2, 0.25) is 0 Å². The lowest BCUT2D eigenvalue weighted by Gasteiger charge is -2.14. The molecule has 1 atom stereocenters. The highest BCUT2D eigenvalue weighted by molar-refractivity contribution is 5.39. The van der Waals surface area contributed by atoms with E-state index in [9.17, 15) is 5.11 Å². The SMILES string of the molecule is COc1ccccc1OCC(O)CNc1cnn(C)c1. The number of rotatable bonds is 7. The number of anilines is 1. The summed E-state index contributed by atoms with van der Waals surface area (Å²) in [5, 5.41) is 17.0. The van der Waals surface area contributed by atoms with Gasteiger partial charge in [-0.1, -0.05) is 12.1 Å². The molecule has 0 aliphatic carbocycles. The first-order valence-electron chi connectivity index (χ1n) is 6.35. The molecule has 0 aliphatic rings. The molecule has 0 amide bonds. The maximum atomic E-state index is 9.89. The summed E-state index contributed by atoms with van der Waals surface area (Å²) in [4.78, 5) is 0. The molecule has 0 spiro atoms. The maximum Gasteiger partial charge on any atom is 0.161 e. The van der Waals surface area contributed by atoms with Crippen molar-refractivity contribution in [1.82, 2.24) is 9.78 Å². The average Bonchev–Trinajstić information content (AvgIpc) is 2.89. The fourth-order valence-corrected chi connectivity index (χ4v) is 1.73. The number of hydrogen-bond acceptors (Lipinski definition) is 5. The van der Waals surface area contributed by atoms with Crippen LogP contribution in [0.4, 0.5) is 5.69 Å². The third-order valence-corrected chi connectivity index (χ3v) is 2.75. The topological polar surface area (TPSA) is 68.5 Å². The Balaban J connectivity index is 1.78. The van der Waals surface area contributed by atoms with Crippen LogP contribution in [0, 0.1) is 0 Å². The summed E-state index contributed by atoms with van der Waals surface area (Å²) >= 11 is 0. The normalized spacial score (nSPS) is 11.9. The summed E-state index contributed by atoms with van der Waals surface area (Å²) in [7, 11) is 3.43. The molecule has 1 aromatic heterocycles. The highest BCUT2D eigenvalue weighted by Crippen LogP contribution is 2.25. The first kappa shape index (κ1) is 14.2. The zero-order valence-corrected chi connectivity index (χ0v) is 11.6. The van der Waals surface area contributed by atoms with E-state index >= 15 is 0 Å². The molecule has 1 unspecified atom stereocenters. The molecule has 6 heteroatoms. The van der Waals surface area contributed by atoms with Crippen molar-refractivity contribution in [1.29, 1.82) is 0 Å². The van der Waals surface area contributed by atoms with Crippen LogP contribution in [0.15, 0.2) is 36.7 Å². The van der Waals surface area contributed by atoms with E-state index in [0.717, 1.165) is 5.69 Å². The second kappa shape index (κ2) is 6.81. The zero-order chi connectivity index (χ0) is 14.4. The molecule has 108 valence electrons. The third kappa shape index (κ3) is 3.89. The molecule has 1 heterocycles. The third-order valence-electron chi connectivity index (χ3n) is 2.75. The molecule has 1 aromatic carbocycles. The van der Waals surface area contributed by atoms with Crippen molar-refractivity contribution in [2.24, 2.45) is 7.05 Å². The number of hydrogen-bond donors (Lipinski definition) is 2. The molecule has 2 N–H and O–H groups in total. The van der Waals surface area contributed by atoms with Crippen LogP contribution < -0.4 is 14.8 Å². The number of aliphatic hydroxyl groups is 1. The molecule has 20 heavy (non-hydrogen) atoms. The number of ether oxygens (including phenoxy) is 2. The molecule has 2 aromatic rings. The first-order valence-corrected chi connectivity index (χ1v) is 6.35. The van der Waals surface area contributed by atoms with Crippen molar-refractivity contribution >= 4 is 5.69 Å². The largest absolute Gasteiger partial charge is 0.493 e. The molecule has 0 fully saturated rings. The molecule has 6 nitrogen and oxygen atoms in total. The van der Waals surface area contributed by atoms with Gasteiger partial charge in [0.25, 0.3) is 0 Å². The van der Waals surface area contributed by atoms with Crippen LogP contribution in [-0.4, -0.2) is 41.3 Å². The molecule has 2 rings (SSSR count). The fourth-order valence-electron chi connectivity index (χ4n) is 1.73. The minimum absolute atomic E-state index is 0.188. The molecule has 0 radical (unpaired) electrons. The van der Waals surface area contributed by atoms with Gasteiger partial charge in [-0.15, -0.1) is 0 Å². The minimum atomic E-state index is -0.625. The molecule has 0 aliphatic heterocycles. The lowest BCUT2D eigenvalue weighted by molar-refractivity contribution is 0.115. The van der Waals surface area contributed by atoms with Gasteiger partial charge in [-0.25, -0.2) is 0 Å². The Morgan fingerprint density at radius 3 is 2.75 bits per heavy atom. The molecule has 0 saturated carbocycles. The number of aliphatic hydroxyl groups excluding tert-OH is 1. The van der Waals surface area contributed by atoms with Crippen LogP contribution in [0.25, 0.3) is 0 Å². The van der Waals surface area contributed by atoms with Gasteiger partial charge in [-0.3, -0.25) is 4.68 Å². The number of aromatic nitrogens is 2. The van der Waals surface area contributed by atoms with E-state index in [1.165, 1.54) is 0 Å². The maximum absolute atomic E-state index is 9.89. The van der Waals surface area contributed by atoms with Gasteiger partial charge in [0.15, 0.2) is 11.5 Å². The van der Waals surface area contributed by atoms with E-state index in [-0.39, 0.29) is 6.61 Å². The lowest BCUT2D eigenvalue weighted by Crippen LogP contribution is -2.26. The van der Waals surface area contributed by atoms with Crippen molar-refractivity contribution in [3.8, 4) is 11.5 Å². The summed E-state index contributed by atoms with van der Waals surface area (Å²) in [5.74, 6) is 1.27. The number of nitrogens with zero attached hydrogens (tertiary/aromatic N) is 2. The first-order chi connectivity index (χ1) is 9.69. The van der Waals surface area contributed by atoms with Crippen molar-refractivity contribution < 1.29 is 14.6 Å². The van der Waals surface area contributed by atoms with Gasteiger partial charge >= 0.3 is 0 Å². The summed E-state index contributed by atoms with van der Waals surface area (Å²) in [6.07, 6.45) is 2.92. The van der Waals surface area contributed by atoms with Gasteiger partial charge < -0.3 is 19.9 Å². The highest BCUT2D eigenvalue weighted by atomic mass is 16.5. The smallest absolute Gasteiger partial charge is 0.161 e. The van der Waals surface area contributed by atoms with Crippen LogP contribution >= 0.6 is 0 Å². The predicted molar refractivity (Wildman–Crippen MR) is 76.2 cm³/mol. The van der Waals surface area contributed by atoms with Gasteiger partial charge in [0.05, 0.1) is 19.0 Å². The standard InChI is InChI=1S/C14H19N3O3/c1-17-9-11(7-16-17)15-8-12(18)10-20-14-6-4-3-5-13(14)19-2/h3-7,9,12,15,18H,8,10H2,1-2H3. The van der Waals surface area contributed by atoms with Crippen LogP contribution in [-0.2, 0) is 7.05 Å². The highest BCUT2D eigenvalue weighted by Gasteiger charge is 2.08. The molecular weight excluding hydrogens is 258 g/mol. The second-order valence-electron chi connectivity index (χ2n) is 4.40. The number of benzene rings is 1. The lowest BCUT2D eigenvalue weighted by atomic mass is 10.3. The van der Waals surface area contributed by atoms with Gasteiger partial charge in [0.1, 0.15) is 12.7 Å². The predicted octanol–water partition coefficient (Wildman–Crippen LogP) is 1.28. The molecule has 0 bridgehead atoms. The second-order valence-corrected chi connectivity index (χ2v) is 4.40. The number of nitrogens with one attached hydrogen (secondary N) is 1. The quantitative estimate of drug-likeness (QED) is 0.798. The van der Waals surface area contributed by atoms with Crippen LogP contribution in [0.2, 0.25) is 0 Å². The fraction of sp³-hybridized carbons (Fsp3) is 0.357. The van der Waals surface area contributed by atoms with Gasteiger partial charge in [-0.2, -0.15) is 5.10 Å². The van der Waals surface area contributed by atoms with Crippen LogP contribution in [0.1, 0.15) is 0 Å². The van der Waals surface area contributed by atoms with Gasteiger partial charge in [-0.05, 0) is 12.1 Å². The monoisotopic (exact) mass is 277 g/mol. The number of methoxy groups -OCH3 is 1. The van der Waals surface area contributed by atoms with Gasteiger partial charge in [0, 0.05) is 19.8 Å². The van der Waals surface area contributed by atoms with E-state index in [0.29, 0.717) is 18.0 Å². The number of aryl methyl sites for hydroxylation is 1. The molecular formula is C14H19N3O3. The molecule has 0 saturated heterocycles. The van der Waals surface area contributed by atoms with E-state index in [1.54, 1.807) is 24.1 Å². The summed E-state index contributed by atoms with van der Waals surface area (Å²) in [6, 6.07) is 7.35.